The highest BCUT2D eigenvalue weighted by molar-refractivity contribution is 6.06. The SMILES string of the molecule is Cc1ccc(/C=N\N2C(=O)[C@@H]3[C@H](C2=O)[C@H]2C=C[C@H]3CC2)cc1. The lowest BCUT2D eigenvalue weighted by atomic mass is 9.63. The molecule has 1 heterocycles. The van der Waals surface area contributed by atoms with Crippen LogP contribution < -0.4 is 0 Å². The van der Waals surface area contributed by atoms with Gasteiger partial charge >= 0.3 is 0 Å². The first kappa shape index (κ1) is 13.4. The number of aryl methyl sites for hydroxylation is 1. The molecule has 22 heavy (non-hydrogen) atoms. The molecular formula is C18H18N2O2. The van der Waals surface area contributed by atoms with Crippen molar-refractivity contribution in [2.24, 2.45) is 28.8 Å². The van der Waals surface area contributed by atoms with Gasteiger partial charge in [0.2, 0.25) is 0 Å². The monoisotopic (exact) mass is 294 g/mol. The van der Waals surface area contributed by atoms with Crippen LogP contribution in [0.1, 0.15) is 24.0 Å². The second-order valence-electron chi connectivity index (χ2n) is 6.49. The van der Waals surface area contributed by atoms with Gasteiger partial charge in [0.05, 0.1) is 18.1 Å². The number of hydrogen-bond acceptors (Lipinski definition) is 3. The molecule has 0 spiro atoms. The fourth-order valence-corrected chi connectivity index (χ4v) is 3.95. The van der Waals surface area contributed by atoms with E-state index in [1.807, 2.05) is 31.2 Å². The molecule has 4 nitrogen and oxygen atoms in total. The first-order valence-electron chi connectivity index (χ1n) is 7.82. The predicted molar refractivity (Wildman–Crippen MR) is 83.0 cm³/mol. The van der Waals surface area contributed by atoms with Crippen molar-refractivity contribution in [3.63, 3.8) is 0 Å². The number of imide groups is 1. The van der Waals surface area contributed by atoms with Crippen LogP contribution in [0.4, 0.5) is 0 Å². The van der Waals surface area contributed by atoms with E-state index in [1.54, 1.807) is 6.21 Å². The predicted octanol–water partition coefficient (Wildman–Crippen LogP) is 2.53. The molecule has 0 N–H and O–H groups in total. The third-order valence-corrected chi connectivity index (χ3v) is 5.14. The summed E-state index contributed by atoms with van der Waals surface area (Å²) in [5.41, 5.74) is 2.06. The number of amides is 2. The number of hydrazone groups is 1. The summed E-state index contributed by atoms with van der Waals surface area (Å²) >= 11 is 0. The number of carbonyl (C=O) groups excluding carboxylic acids is 2. The maximum absolute atomic E-state index is 12.6. The quantitative estimate of drug-likeness (QED) is 0.478. The molecule has 0 aromatic heterocycles. The van der Waals surface area contributed by atoms with E-state index in [2.05, 4.69) is 17.3 Å². The van der Waals surface area contributed by atoms with E-state index in [1.165, 1.54) is 5.56 Å². The van der Waals surface area contributed by atoms with Crippen molar-refractivity contribution >= 4 is 18.0 Å². The molecule has 2 amide bonds. The molecule has 4 heteroatoms. The van der Waals surface area contributed by atoms with Gasteiger partial charge in [-0.15, -0.1) is 0 Å². The number of allylic oxidation sites excluding steroid dienone is 2. The molecule has 0 unspecified atom stereocenters. The molecule has 0 radical (unpaired) electrons. The van der Waals surface area contributed by atoms with Crippen LogP contribution in [0, 0.1) is 30.6 Å². The van der Waals surface area contributed by atoms with Crippen molar-refractivity contribution in [2.45, 2.75) is 19.8 Å². The maximum Gasteiger partial charge on any atom is 0.254 e. The topological polar surface area (TPSA) is 49.7 Å². The Labute approximate surface area is 129 Å². The first-order chi connectivity index (χ1) is 10.6. The summed E-state index contributed by atoms with van der Waals surface area (Å²) < 4.78 is 0. The molecule has 4 atom stereocenters. The van der Waals surface area contributed by atoms with Crippen LogP contribution in [0.2, 0.25) is 0 Å². The summed E-state index contributed by atoms with van der Waals surface area (Å²) in [6, 6.07) is 7.84. The van der Waals surface area contributed by atoms with Crippen molar-refractivity contribution in [2.75, 3.05) is 0 Å². The highest BCUT2D eigenvalue weighted by Crippen LogP contribution is 2.49. The maximum atomic E-state index is 12.6. The normalized spacial score (nSPS) is 33.0. The van der Waals surface area contributed by atoms with E-state index in [0.29, 0.717) is 0 Å². The van der Waals surface area contributed by atoms with Crippen LogP contribution in [0.15, 0.2) is 41.5 Å². The van der Waals surface area contributed by atoms with Crippen molar-refractivity contribution < 1.29 is 9.59 Å². The summed E-state index contributed by atoms with van der Waals surface area (Å²) in [6.45, 7) is 2.02. The van der Waals surface area contributed by atoms with Crippen LogP contribution in [-0.2, 0) is 9.59 Å². The lowest BCUT2D eigenvalue weighted by Crippen LogP contribution is -2.38. The van der Waals surface area contributed by atoms with Gasteiger partial charge in [0.1, 0.15) is 0 Å². The number of hydrogen-bond donors (Lipinski definition) is 0. The summed E-state index contributed by atoms with van der Waals surface area (Å²) in [4.78, 5) is 25.1. The molecule has 1 aromatic rings. The zero-order chi connectivity index (χ0) is 15.3. The fourth-order valence-electron chi connectivity index (χ4n) is 3.95. The lowest BCUT2D eigenvalue weighted by molar-refractivity contribution is -0.140. The van der Waals surface area contributed by atoms with Gasteiger partial charge in [-0.3, -0.25) is 9.59 Å². The van der Waals surface area contributed by atoms with Gasteiger partial charge in [-0.1, -0.05) is 42.0 Å². The Balaban J connectivity index is 1.60. The minimum atomic E-state index is -0.189. The number of carbonyl (C=O) groups is 2. The number of nitrogens with zero attached hydrogens (tertiary/aromatic N) is 2. The third kappa shape index (κ3) is 1.94. The molecular weight excluding hydrogens is 276 g/mol. The van der Waals surface area contributed by atoms with Crippen molar-refractivity contribution in [3.05, 3.63) is 47.5 Å². The summed E-state index contributed by atoms with van der Waals surface area (Å²) in [5, 5.41) is 5.29. The average Bonchev–Trinajstić information content (AvgIpc) is 2.82. The van der Waals surface area contributed by atoms with E-state index >= 15 is 0 Å². The van der Waals surface area contributed by atoms with Crippen LogP contribution in [-0.4, -0.2) is 23.0 Å². The van der Waals surface area contributed by atoms with Crippen molar-refractivity contribution in [3.8, 4) is 0 Å². The van der Waals surface area contributed by atoms with Gasteiger partial charge in [0, 0.05) is 0 Å². The molecule has 3 aliphatic carbocycles. The van der Waals surface area contributed by atoms with Gasteiger partial charge < -0.3 is 0 Å². The Morgan fingerprint density at radius 1 is 1.00 bits per heavy atom. The first-order valence-corrected chi connectivity index (χ1v) is 7.82. The number of rotatable bonds is 2. The van der Waals surface area contributed by atoms with Crippen LogP contribution in [0.25, 0.3) is 0 Å². The Morgan fingerprint density at radius 2 is 1.55 bits per heavy atom. The average molecular weight is 294 g/mol. The smallest absolute Gasteiger partial charge is 0.254 e. The van der Waals surface area contributed by atoms with Crippen molar-refractivity contribution in [1.29, 1.82) is 0 Å². The van der Waals surface area contributed by atoms with E-state index in [9.17, 15) is 9.59 Å². The lowest BCUT2D eigenvalue weighted by Gasteiger charge is -2.37. The second kappa shape index (κ2) is 4.90. The molecule has 2 fully saturated rings. The Hall–Kier alpha value is -2.23. The Kier molecular flexibility index (Phi) is 2.99. The van der Waals surface area contributed by atoms with Crippen LogP contribution in [0.5, 0.6) is 0 Å². The molecule has 1 saturated carbocycles. The minimum Gasteiger partial charge on any atom is -0.272 e. The van der Waals surface area contributed by atoms with Gasteiger partial charge in [-0.25, -0.2) is 0 Å². The van der Waals surface area contributed by atoms with Crippen LogP contribution >= 0.6 is 0 Å². The molecule has 4 aliphatic rings. The zero-order valence-corrected chi connectivity index (χ0v) is 12.5. The van der Waals surface area contributed by atoms with Gasteiger partial charge in [-0.2, -0.15) is 10.1 Å². The zero-order valence-electron chi connectivity index (χ0n) is 12.5. The number of benzene rings is 1. The van der Waals surface area contributed by atoms with E-state index in [-0.39, 0.29) is 35.5 Å². The third-order valence-electron chi connectivity index (χ3n) is 5.14. The van der Waals surface area contributed by atoms with Gasteiger partial charge in [-0.05, 0) is 37.2 Å². The van der Waals surface area contributed by atoms with Crippen molar-refractivity contribution in [1.82, 2.24) is 5.01 Å². The summed E-state index contributed by atoms with van der Waals surface area (Å²) in [6.07, 6.45) is 7.86. The number of fused-ring (bicyclic) bond motifs is 1. The van der Waals surface area contributed by atoms with Crippen LogP contribution in [0.3, 0.4) is 0 Å². The summed E-state index contributed by atoms with van der Waals surface area (Å²) in [7, 11) is 0. The molecule has 1 aliphatic heterocycles. The highest BCUT2D eigenvalue weighted by Gasteiger charge is 2.56. The van der Waals surface area contributed by atoms with Gasteiger partial charge in [0.15, 0.2) is 0 Å². The largest absolute Gasteiger partial charge is 0.272 e. The molecule has 112 valence electrons. The molecule has 1 saturated heterocycles. The molecule has 5 rings (SSSR count). The van der Waals surface area contributed by atoms with E-state index in [0.717, 1.165) is 23.4 Å². The van der Waals surface area contributed by atoms with Gasteiger partial charge in [0.25, 0.3) is 11.8 Å². The van der Waals surface area contributed by atoms with E-state index < -0.39 is 0 Å². The molecule has 1 aromatic carbocycles. The van der Waals surface area contributed by atoms with E-state index in [4.69, 9.17) is 0 Å². The molecule has 2 bridgehead atoms. The standard InChI is InChI=1S/C18H18N2O2/c1-11-2-4-12(5-3-11)10-19-20-17(21)15-13-6-7-14(9-8-13)16(15)18(20)22/h2-7,10,13-16H,8-9H2,1H3/b19-10-/t13-,14-,15-,16+/m0/s1. The fraction of sp³-hybridized carbons (Fsp3) is 0.389. The highest BCUT2D eigenvalue weighted by atomic mass is 16.2. The second-order valence-corrected chi connectivity index (χ2v) is 6.49. The Bertz CT molecular complexity index is 658. The summed E-state index contributed by atoms with van der Waals surface area (Å²) in [5.74, 6) is -0.204. The minimum absolute atomic E-state index is 0.127. The Morgan fingerprint density at radius 3 is 2.05 bits per heavy atom.